The minimum absolute atomic E-state index is 0.0270. The minimum Gasteiger partial charge on any atom is -0.367 e. The highest BCUT2D eigenvalue weighted by atomic mass is 28.4. The first-order chi connectivity index (χ1) is 2.71. The molecule has 0 unspecified atom stereocenters. The number of hydrogen-bond donors (Lipinski definition) is 2. The van der Waals surface area contributed by atoms with E-state index in [2.05, 4.69) is 8.85 Å². The summed E-state index contributed by atoms with van der Waals surface area (Å²) < 4.78 is 8.29. The third-order valence-electron chi connectivity index (χ3n) is 0.494. The Hall–Kier alpha value is 0.0569. The van der Waals surface area contributed by atoms with Crippen molar-refractivity contribution in [3.8, 4) is 0 Å². The molecule has 1 heterocycles. The lowest BCUT2D eigenvalue weighted by molar-refractivity contribution is -0.132. The standard InChI is InChI=1S/CH4O4Si/c2-6(3)4-1-5-6/h2-3H,1H2. The zero-order valence-electron chi connectivity index (χ0n) is 2.92. The van der Waals surface area contributed by atoms with Crippen LogP contribution in [0.3, 0.4) is 0 Å². The van der Waals surface area contributed by atoms with Crippen molar-refractivity contribution in [3.63, 3.8) is 0 Å². The number of rotatable bonds is 0. The van der Waals surface area contributed by atoms with Gasteiger partial charge in [-0.1, -0.05) is 0 Å². The van der Waals surface area contributed by atoms with Crippen LogP contribution < -0.4 is 0 Å². The molecule has 6 heavy (non-hydrogen) atoms. The van der Waals surface area contributed by atoms with Crippen LogP contribution >= 0.6 is 0 Å². The maximum Gasteiger partial charge on any atom is 0.677 e. The summed E-state index contributed by atoms with van der Waals surface area (Å²) in [5, 5.41) is 0. The molecule has 1 fully saturated rings. The van der Waals surface area contributed by atoms with Crippen molar-refractivity contribution in [1.82, 2.24) is 0 Å². The maximum atomic E-state index is 8.16. The first kappa shape index (κ1) is 4.22. The molecule has 36 valence electrons. The first-order valence-electron chi connectivity index (χ1n) is 1.43. The Balaban J connectivity index is 2.31. The Morgan fingerprint density at radius 2 is 1.67 bits per heavy atom. The average molecular weight is 108 g/mol. The third kappa shape index (κ3) is 0.584. The topological polar surface area (TPSA) is 58.9 Å². The normalized spacial score (nSPS) is 29.0. The van der Waals surface area contributed by atoms with Crippen LogP contribution in [-0.4, -0.2) is 25.4 Å². The Morgan fingerprint density at radius 3 is 1.67 bits per heavy atom. The lowest BCUT2D eigenvalue weighted by atomic mass is 11.5. The Bertz CT molecular complexity index is 54.6. The SMILES string of the molecule is O[Si]1(O)OCO1. The summed E-state index contributed by atoms with van der Waals surface area (Å²) in [4.78, 5) is 16.3. The van der Waals surface area contributed by atoms with Gasteiger partial charge >= 0.3 is 9.05 Å². The lowest BCUT2D eigenvalue weighted by Gasteiger charge is -2.24. The van der Waals surface area contributed by atoms with Gasteiger partial charge in [-0.3, -0.25) is 0 Å². The van der Waals surface area contributed by atoms with Gasteiger partial charge in [-0.05, 0) is 0 Å². The quantitative estimate of drug-likeness (QED) is 0.367. The zero-order chi connectivity index (χ0) is 4.62. The van der Waals surface area contributed by atoms with Crippen molar-refractivity contribution in [2.45, 2.75) is 0 Å². The van der Waals surface area contributed by atoms with Crippen LogP contribution in [0.1, 0.15) is 0 Å². The van der Waals surface area contributed by atoms with Crippen LogP contribution in [0, 0.1) is 0 Å². The molecule has 0 aromatic carbocycles. The molecule has 2 N–H and O–H groups in total. The molecule has 1 saturated heterocycles. The Labute approximate surface area is 35.4 Å². The van der Waals surface area contributed by atoms with Gasteiger partial charge in [-0.15, -0.1) is 0 Å². The molecule has 0 bridgehead atoms. The van der Waals surface area contributed by atoms with Crippen LogP contribution in [0.25, 0.3) is 0 Å². The van der Waals surface area contributed by atoms with Crippen molar-refractivity contribution in [2.24, 2.45) is 0 Å². The third-order valence-corrected chi connectivity index (χ3v) is 1.48. The van der Waals surface area contributed by atoms with E-state index in [0.717, 1.165) is 0 Å². The highest BCUT2D eigenvalue weighted by molar-refractivity contribution is 6.51. The summed E-state index contributed by atoms with van der Waals surface area (Å²) in [7, 11) is -3.45. The number of hydrogen-bond acceptors (Lipinski definition) is 4. The van der Waals surface area contributed by atoms with Gasteiger partial charge in [-0.2, -0.15) is 0 Å². The van der Waals surface area contributed by atoms with Crippen LogP contribution in [0.5, 0.6) is 0 Å². The van der Waals surface area contributed by atoms with Gasteiger partial charge in [0.05, 0.1) is 0 Å². The largest absolute Gasteiger partial charge is 0.677 e. The van der Waals surface area contributed by atoms with Gasteiger partial charge in [0.2, 0.25) is 0 Å². The zero-order valence-corrected chi connectivity index (χ0v) is 3.92. The fraction of sp³-hybridized carbons (Fsp3) is 1.00. The maximum absolute atomic E-state index is 8.16. The predicted molar refractivity (Wildman–Crippen MR) is 17.2 cm³/mol. The molecule has 0 aromatic heterocycles. The summed E-state index contributed by atoms with van der Waals surface area (Å²) in [6.45, 7) is 0.0270. The van der Waals surface area contributed by atoms with E-state index in [4.69, 9.17) is 9.59 Å². The van der Waals surface area contributed by atoms with E-state index in [1.807, 2.05) is 0 Å². The van der Waals surface area contributed by atoms with Crippen molar-refractivity contribution in [3.05, 3.63) is 0 Å². The summed E-state index contributed by atoms with van der Waals surface area (Å²) in [5.41, 5.74) is 0. The van der Waals surface area contributed by atoms with E-state index < -0.39 is 9.05 Å². The van der Waals surface area contributed by atoms with E-state index in [1.165, 1.54) is 0 Å². The predicted octanol–water partition coefficient (Wildman–Crippen LogP) is -1.59. The fourth-order valence-electron chi connectivity index (χ4n) is 0.164. The van der Waals surface area contributed by atoms with Crippen LogP contribution in [-0.2, 0) is 8.85 Å². The van der Waals surface area contributed by atoms with Crippen LogP contribution in [0.2, 0.25) is 0 Å². The summed E-state index contributed by atoms with van der Waals surface area (Å²) >= 11 is 0. The van der Waals surface area contributed by atoms with E-state index >= 15 is 0 Å². The second-order valence-corrected chi connectivity index (χ2v) is 2.63. The molecule has 0 radical (unpaired) electrons. The Morgan fingerprint density at radius 1 is 1.33 bits per heavy atom. The lowest BCUT2D eigenvalue weighted by Crippen LogP contribution is -2.53. The second kappa shape index (κ2) is 1.01. The molecule has 4 nitrogen and oxygen atoms in total. The van der Waals surface area contributed by atoms with Gasteiger partial charge in [-0.25, -0.2) is 0 Å². The van der Waals surface area contributed by atoms with E-state index in [0.29, 0.717) is 0 Å². The molecule has 5 heteroatoms. The van der Waals surface area contributed by atoms with Crippen molar-refractivity contribution >= 4 is 9.05 Å². The molecule has 1 aliphatic rings. The highest BCUT2D eigenvalue weighted by Crippen LogP contribution is 2.07. The van der Waals surface area contributed by atoms with Crippen molar-refractivity contribution < 1.29 is 18.4 Å². The van der Waals surface area contributed by atoms with Crippen molar-refractivity contribution in [1.29, 1.82) is 0 Å². The molecule has 0 saturated carbocycles. The molecule has 1 rings (SSSR count). The molecule has 0 aromatic rings. The molecular formula is CH4O4Si. The summed E-state index contributed by atoms with van der Waals surface area (Å²) in [6.07, 6.45) is 0. The molecule has 0 amide bonds. The van der Waals surface area contributed by atoms with Gasteiger partial charge in [0.25, 0.3) is 0 Å². The Kier molecular flexibility index (Phi) is 0.714. The monoisotopic (exact) mass is 108 g/mol. The van der Waals surface area contributed by atoms with Gasteiger partial charge in [0.1, 0.15) is 6.79 Å². The van der Waals surface area contributed by atoms with E-state index in [1.54, 1.807) is 0 Å². The van der Waals surface area contributed by atoms with Crippen LogP contribution in [0.4, 0.5) is 0 Å². The molecule has 1 aliphatic heterocycles. The summed E-state index contributed by atoms with van der Waals surface area (Å²) in [5.74, 6) is 0. The van der Waals surface area contributed by atoms with E-state index in [-0.39, 0.29) is 6.79 Å². The van der Waals surface area contributed by atoms with Gasteiger partial charge in [0, 0.05) is 0 Å². The smallest absolute Gasteiger partial charge is 0.367 e. The molecule has 0 aliphatic carbocycles. The van der Waals surface area contributed by atoms with Gasteiger partial charge < -0.3 is 18.4 Å². The fourth-order valence-corrected chi connectivity index (χ4v) is 0.493. The molecular weight excluding hydrogens is 104 g/mol. The van der Waals surface area contributed by atoms with E-state index in [9.17, 15) is 0 Å². The molecule has 0 spiro atoms. The summed E-state index contributed by atoms with van der Waals surface area (Å²) in [6, 6.07) is 0. The first-order valence-corrected chi connectivity index (χ1v) is 3.14. The average Bonchev–Trinajstić information content (AvgIpc) is 1.32. The minimum atomic E-state index is -3.45. The molecule has 0 atom stereocenters. The highest BCUT2D eigenvalue weighted by Gasteiger charge is 2.44. The second-order valence-electron chi connectivity index (χ2n) is 0.955. The van der Waals surface area contributed by atoms with Gasteiger partial charge in [0.15, 0.2) is 0 Å². The van der Waals surface area contributed by atoms with Crippen molar-refractivity contribution in [2.75, 3.05) is 6.79 Å². The van der Waals surface area contributed by atoms with Crippen LogP contribution in [0.15, 0.2) is 0 Å².